The van der Waals surface area contributed by atoms with E-state index < -0.39 is 12.3 Å². The Balaban J connectivity index is 1.55. The molecule has 128 valence electrons. The minimum atomic E-state index is -1.02. The van der Waals surface area contributed by atoms with Crippen LogP contribution < -0.4 is 15.0 Å². The van der Waals surface area contributed by atoms with Crippen LogP contribution in [0, 0.1) is 6.92 Å². The van der Waals surface area contributed by atoms with Gasteiger partial charge in [0.05, 0.1) is 24.0 Å². The Labute approximate surface area is 139 Å². The van der Waals surface area contributed by atoms with Crippen molar-refractivity contribution < 1.29 is 9.13 Å². The van der Waals surface area contributed by atoms with Gasteiger partial charge in [0.25, 0.3) is 0 Å². The third-order valence-corrected chi connectivity index (χ3v) is 4.77. The minimum Gasteiger partial charge on any atom is -0.471 e. The fraction of sp³-hybridized carbons (Fsp3) is 0.562. The van der Waals surface area contributed by atoms with E-state index in [9.17, 15) is 4.39 Å². The standard InChI is InChI=1S/C16H21FN6O/c1-10-15(23-7-11-5-21-22(2)13(11)8-23)19-9-20-16(10)24-14-3-4-18-6-12(14)17/h5,9,12,14,18H,3-4,6-8H2,1-2H3/t12-,14?/m0/s1. The van der Waals surface area contributed by atoms with Gasteiger partial charge in [0, 0.05) is 25.7 Å². The molecule has 7 nitrogen and oxygen atoms in total. The average Bonchev–Trinajstić information content (AvgIpc) is 3.14. The summed E-state index contributed by atoms with van der Waals surface area (Å²) in [7, 11) is 1.95. The predicted molar refractivity (Wildman–Crippen MR) is 86.7 cm³/mol. The summed E-state index contributed by atoms with van der Waals surface area (Å²) >= 11 is 0. The first-order valence-electron chi connectivity index (χ1n) is 8.21. The number of ether oxygens (including phenoxy) is 1. The van der Waals surface area contributed by atoms with Gasteiger partial charge in [-0.2, -0.15) is 5.10 Å². The van der Waals surface area contributed by atoms with Gasteiger partial charge in [-0.25, -0.2) is 14.4 Å². The first-order valence-corrected chi connectivity index (χ1v) is 8.21. The quantitative estimate of drug-likeness (QED) is 0.908. The van der Waals surface area contributed by atoms with Crippen molar-refractivity contribution in [1.82, 2.24) is 25.1 Å². The number of piperidine rings is 1. The number of rotatable bonds is 3. The second kappa shape index (κ2) is 6.01. The monoisotopic (exact) mass is 332 g/mol. The van der Waals surface area contributed by atoms with Gasteiger partial charge in [0.1, 0.15) is 24.4 Å². The summed E-state index contributed by atoms with van der Waals surface area (Å²) in [5, 5.41) is 7.31. The van der Waals surface area contributed by atoms with Crippen LogP contribution in [0.25, 0.3) is 0 Å². The zero-order valence-electron chi connectivity index (χ0n) is 13.9. The SMILES string of the molecule is Cc1c(OC2CCNC[C@@H]2F)ncnc1N1Cc2cnn(C)c2C1. The van der Waals surface area contributed by atoms with E-state index in [0.29, 0.717) is 18.8 Å². The minimum absolute atomic E-state index is 0.329. The second-order valence-electron chi connectivity index (χ2n) is 6.39. The fourth-order valence-electron chi connectivity index (χ4n) is 3.37. The lowest BCUT2D eigenvalue weighted by Crippen LogP contribution is -2.44. The molecule has 4 rings (SSSR count). The normalized spacial score (nSPS) is 23.4. The van der Waals surface area contributed by atoms with Crippen molar-refractivity contribution in [1.29, 1.82) is 0 Å². The van der Waals surface area contributed by atoms with E-state index in [-0.39, 0.29) is 0 Å². The lowest BCUT2D eigenvalue weighted by atomic mass is 10.1. The van der Waals surface area contributed by atoms with Gasteiger partial charge in [-0.1, -0.05) is 0 Å². The largest absolute Gasteiger partial charge is 0.471 e. The molecule has 0 spiro atoms. The Bertz CT molecular complexity index is 748. The smallest absolute Gasteiger partial charge is 0.221 e. The summed E-state index contributed by atoms with van der Waals surface area (Å²) in [5.74, 6) is 1.31. The van der Waals surface area contributed by atoms with Crippen LogP contribution in [0.5, 0.6) is 5.88 Å². The van der Waals surface area contributed by atoms with Gasteiger partial charge in [0.2, 0.25) is 5.88 Å². The molecule has 0 radical (unpaired) electrons. The van der Waals surface area contributed by atoms with Gasteiger partial charge < -0.3 is 15.0 Å². The van der Waals surface area contributed by atoms with E-state index in [2.05, 4.69) is 25.3 Å². The highest BCUT2D eigenvalue weighted by Gasteiger charge is 2.29. The van der Waals surface area contributed by atoms with Crippen molar-refractivity contribution in [3.63, 3.8) is 0 Å². The van der Waals surface area contributed by atoms with Crippen LogP contribution in [-0.2, 0) is 20.1 Å². The zero-order chi connectivity index (χ0) is 16.7. The molecule has 0 saturated carbocycles. The Kier molecular flexibility index (Phi) is 3.84. The van der Waals surface area contributed by atoms with E-state index in [4.69, 9.17) is 4.74 Å². The highest BCUT2D eigenvalue weighted by molar-refractivity contribution is 5.53. The van der Waals surface area contributed by atoms with Gasteiger partial charge in [-0.15, -0.1) is 0 Å². The molecule has 0 bridgehead atoms. The van der Waals surface area contributed by atoms with E-state index in [0.717, 1.165) is 31.0 Å². The van der Waals surface area contributed by atoms with Crippen LogP contribution in [0.1, 0.15) is 23.2 Å². The summed E-state index contributed by atoms with van der Waals surface area (Å²) in [6.07, 6.45) is 2.56. The van der Waals surface area contributed by atoms with Crippen molar-refractivity contribution in [3.8, 4) is 5.88 Å². The number of halogens is 1. The third-order valence-electron chi connectivity index (χ3n) is 4.77. The van der Waals surface area contributed by atoms with Gasteiger partial charge in [-0.3, -0.25) is 4.68 Å². The molecule has 2 atom stereocenters. The Morgan fingerprint density at radius 3 is 3.00 bits per heavy atom. The number of aryl methyl sites for hydroxylation is 1. The highest BCUT2D eigenvalue weighted by atomic mass is 19.1. The lowest BCUT2D eigenvalue weighted by molar-refractivity contribution is 0.0686. The number of hydrogen-bond donors (Lipinski definition) is 1. The molecule has 0 amide bonds. The van der Waals surface area contributed by atoms with Crippen LogP contribution >= 0.6 is 0 Å². The molecule has 0 aliphatic carbocycles. The molecule has 2 aromatic heterocycles. The summed E-state index contributed by atoms with van der Waals surface area (Å²) in [6.45, 7) is 4.54. The van der Waals surface area contributed by atoms with E-state index in [1.165, 1.54) is 17.6 Å². The number of hydrogen-bond acceptors (Lipinski definition) is 6. The molecule has 1 unspecified atom stereocenters. The fourth-order valence-corrected chi connectivity index (χ4v) is 3.37. The zero-order valence-corrected chi connectivity index (χ0v) is 13.9. The molecule has 24 heavy (non-hydrogen) atoms. The molecule has 2 aliphatic heterocycles. The average molecular weight is 332 g/mol. The molecule has 2 aromatic rings. The molecular formula is C16H21FN6O. The second-order valence-corrected chi connectivity index (χ2v) is 6.39. The molecule has 1 fully saturated rings. The Morgan fingerprint density at radius 2 is 2.21 bits per heavy atom. The molecule has 1 N–H and O–H groups in total. The summed E-state index contributed by atoms with van der Waals surface area (Å²) in [6, 6.07) is 0. The van der Waals surface area contributed by atoms with Crippen LogP contribution in [0.4, 0.5) is 10.2 Å². The molecule has 4 heterocycles. The first-order chi connectivity index (χ1) is 11.6. The Morgan fingerprint density at radius 1 is 1.33 bits per heavy atom. The number of nitrogens with one attached hydrogen (secondary N) is 1. The van der Waals surface area contributed by atoms with Crippen LogP contribution in [0.3, 0.4) is 0 Å². The topological polar surface area (TPSA) is 68.1 Å². The molecule has 2 aliphatic rings. The van der Waals surface area contributed by atoms with Crippen LogP contribution in [0.2, 0.25) is 0 Å². The van der Waals surface area contributed by atoms with E-state index in [1.54, 1.807) is 0 Å². The van der Waals surface area contributed by atoms with Gasteiger partial charge in [0.15, 0.2) is 0 Å². The van der Waals surface area contributed by atoms with Gasteiger partial charge >= 0.3 is 0 Å². The lowest BCUT2D eigenvalue weighted by Gasteiger charge is -2.28. The van der Waals surface area contributed by atoms with E-state index >= 15 is 0 Å². The highest BCUT2D eigenvalue weighted by Crippen LogP contribution is 2.32. The maximum absolute atomic E-state index is 14.0. The molecule has 8 heteroatoms. The summed E-state index contributed by atoms with van der Waals surface area (Å²) < 4.78 is 21.8. The number of nitrogens with zero attached hydrogens (tertiary/aromatic N) is 5. The maximum Gasteiger partial charge on any atom is 0.221 e. The van der Waals surface area contributed by atoms with E-state index in [1.807, 2.05) is 24.9 Å². The third kappa shape index (κ3) is 2.60. The number of anilines is 1. The maximum atomic E-state index is 14.0. The summed E-state index contributed by atoms with van der Waals surface area (Å²) in [5.41, 5.74) is 3.25. The van der Waals surface area contributed by atoms with Crippen molar-refractivity contribution in [2.75, 3.05) is 18.0 Å². The van der Waals surface area contributed by atoms with Gasteiger partial charge in [-0.05, 0) is 19.9 Å². The molecule has 1 saturated heterocycles. The van der Waals surface area contributed by atoms with Crippen LogP contribution in [-0.4, -0.2) is 45.1 Å². The van der Waals surface area contributed by atoms with Crippen molar-refractivity contribution >= 4 is 5.82 Å². The Hall–Kier alpha value is -2.22. The number of fused-ring (bicyclic) bond motifs is 1. The first kappa shape index (κ1) is 15.3. The molecular weight excluding hydrogens is 311 g/mol. The predicted octanol–water partition coefficient (Wildman–Crippen LogP) is 1.12. The van der Waals surface area contributed by atoms with Crippen LogP contribution in [0.15, 0.2) is 12.5 Å². The molecule has 0 aromatic carbocycles. The van der Waals surface area contributed by atoms with Crippen molar-refractivity contribution in [2.24, 2.45) is 7.05 Å². The number of aromatic nitrogens is 4. The number of alkyl halides is 1. The van der Waals surface area contributed by atoms with Crippen molar-refractivity contribution in [3.05, 3.63) is 29.3 Å². The van der Waals surface area contributed by atoms with Crippen molar-refractivity contribution in [2.45, 2.75) is 38.7 Å². The summed E-state index contributed by atoms with van der Waals surface area (Å²) in [4.78, 5) is 10.8.